The Balaban J connectivity index is 1.62. The van der Waals surface area contributed by atoms with Gasteiger partial charge in [-0.15, -0.1) is 0 Å². The average molecular weight is 490 g/mol. The molecule has 1 amide bonds. The zero-order valence-corrected chi connectivity index (χ0v) is 19.5. The number of amides is 1. The number of carboxylic acid groups (broad SMARTS) is 1. The molecule has 1 aliphatic rings. The molecular formula is C25H27N7O4. The lowest BCUT2D eigenvalue weighted by Gasteiger charge is -2.27. The molecule has 4 rings (SSSR count). The number of benzene rings is 1. The van der Waals surface area contributed by atoms with Crippen molar-refractivity contribution in [3.05, 3.63) is 75.7 Å². The maximum absolute atomic E-state index is 13.4. The van der Waals surface area contributed by atoms with Crippen molar-refractivity contribution in [1.82, 2.24) is 14.9 Å². The monoisotopic (exact) mass is 489 g/mol. The molecule has 1 saturated carbocycles. The van der Waals surface area contributed by atoms with E-state index in [1.165, 1.54) is 16.7 Å². The SMILES string of the molecule is N=C(N)c1ccc(CNC(=O)Cn2c(-c3cc(N)nc(C(=O)O)c3)ccc(NC3CCC3)c2=O)cc1. The fourth-order valence-electron chi connectivity index (χ4n) is 3.88. The smallest absolute Gasteiger partial charge is 0.354 e. The fourth-order valence-corrected chi connectivity index (χ4v) is 3.88. The van der Waals surface area contributed by atoms with Gasteiger partial charge in [0.15, 0.2) is 5.69 Å². The fraction of sp³-hybridized carbons (Fsp3) is 0.240. The van der Waals surface area contributed by atoms with Gasteiger partial charge < -0.3 is 27.2 Å². The number of hydrogen-bond donors (Lipinski definition) is 6. The molecule has 36 heavy (non-hydrogen) atoms. The van der Waals surface area contributed by atoms with Crippen LogP contribution in [0.3, 0.4) is 0 Å². The number of hydrogen-bond acceptors (Lipinski definition) is 7. The maximum Gasteiger partial charge on any atom is 0.354 e. The Kier molecular flexibility index (Phi) is 7.00. The number of rotatable bonds is 9. The first-order chi connectivity index (χ1) is 17.2. The van der Waals surface area contributed by atoms with E-state index in [0.717, 1.165) is 24.8 Å². The number of nitrogens with two attached hydrogens (primary N) is 2. The van der Waals surface area contributed by atoms with Crippen molar-refractivity contribution in [2.45, 2.75) is 38.4 Å². The minimum atomic E-state index is -1.26. The van der Waals surface area contributed by atoms with Gasteiger partial charge in [-0.1, -0.05) is 24.3 Å². The molecular weight excluding hydrogens is 462 g/mol. The number of nitrogens with zero attached hydrogens (tertiary/aromatic N) is 2. The molecule has 0 spiro atoms. The molecule has 0 atom stereocenters. The van der Waals surface area contributed by atoms with E-state index >= 15 is 0 Å². The summed E-state index contributed by atoms with van der Waals surface area (Å²) in [6.45, 7) is -0.0724. The summed E-state index contributed by atoms with van der Waals surface area (Å²) < 4.78 is 1.30. The maximum atomic E-state index is 13.4. The van der Waals surface area contributed by atoms with E-state index in [2.05, 4.69) is 15.6 Å². The minimum absolute atomic E-state index is 0.0148. The van der Waals surface area contributed by atoms with Gasteiger partial charge in [0.05, 0.1) is 5.69 Å². The van der Waals surface area contributed by atoms with Crippen molar-refractivity contribution < 1.29 is 14.7 Å². The first kappa shape index (κ1) is 24.5. The highest BCUT2D eigenvalue weighted by Crippen LogP contribution is 2.25. The zero-order valence-electron chi connectivity index (χ0n) is 19.5. The van der Waals surface area contributed by atoms with Crippen LogP contribution in [0.4, 0.5) is 11.5 Å². The van der Waals surface area contributed by atoms with Crippen molar-refractivity contribution in [3.8, 4) is 11.3 Å². The normalized spacial score (nSPS) is 13.0. The third-order valence-corrected chi connectivity index (χ3v) is 6.06. The molecule has 8 N–H and O–H groups in total. The van der Waals surface area contributed by atoms with E-state index in [1.807, 2.05) is 0 Å². The van der Waals surface area contributed by atoms with Crippen molar-refractivity contribution in [1.29, 1.82) is 5.41 Å². The van der Waals surface area contributed by atoms with Crippen LogP contribution in [-0.2, 0) is 17.9 Å². The summed E-state index contributed by atoms with van der Waals surface area (Å²) in [7, 11) is 0. The lowest BCUT2D eigenvalue weighted by Crippen LogP contribution is -2.36. The summed E-state index contributed by atoms with van der Waals surface area (Å²) in [6, 6.07) is 13.2. The molecule has 1 aromatic carbocycles. The quantitative estimate of drug-likeness (QED) is 0.193. The highest BCUT2D eigenvalue weighted by molar-refractivity contribution is 5.94. The van der Waals surface area contributed by atoms with Crippen molar-refractivity contribution in [2.75, 3.05) is 11.1 Å². The molecule has 0 aliphatic heterocycles. The van der Waals surface area contributed by atoms with Gasteiger partial charge in [-0.3, -0.25) is 19.6 Å². The van der Waals surface area contributed by atoms with Gasteiger partial charge in [0.2, 0.25) is 5.91 Å². The van der Waals surface area contributed by atoms with Crippen LogP contribution in [0.2, 0.25) is 0 Å². The second-order valence-corrected chi connectivity index (χ2v) is 8.65. The number of pyridine rings is 2. The van der Waals surface area contributed by atoms with Gasteiger partial charge >= 0.3 is 5.97 Å². The molecule has 11 heteroatoms. The summed E-state index contributed by atoms with van der Waals surface area (Å²) in [6.07, 6.45) is 3.02. The number of anilines is 2. The second-order valence-electron chi connectivity index (χ2n) is 8.65. The number of aromatic nitrogens is 2. The molecule has 2 aromatic heterocycles. The Morgan fingerprint density at radius 2 is 1.86 bits per heavy atom. The van der Waals surface area contributed by atoms with Crippen molar-refractivity contribution >= 4 is 29.2 Å². The number of carboxylic acids is 1. The van der Waals surface area contributed by atoms with E-state index in [9.17, 15) is 19.5 Å². The third kappa shape index (κ3) is 5.52. The predicted molar refractivity (Wildman–Crippen MR) is 136 cm³/mol. The Bertz CT molecular complexity index is 1380. The summed E-state index contributed by atoms with van der Waals surface area (Å²) >= 11 is 0. The van der Waals surface area contributed by atoms with Gasteiger partial charge in [0, 0.05) is 23.7 Å². The molecule has 11 nitrogen and oxygen atoms in total. The molecule has 2 heterocycles. The number of nitrogens with one attached hydrogen (secondary N) is 3. The molecule has 3 aromatic rings. The van der Waals surface area contributed by atoms with Gasteiger partial charge in [0.1, 0.15) is 23.9 Å². The number of carbonyl (C=O) groups excluding carboxylic acids is 1. The summed E-state index contributed by atoms with van der Waals surface area (Å²) in [4.78, 5) is 41.5. The van der Waals surface area contributed by atoms with Crippen molar-refractivity contribution in [2.24, 2.45) is 5.73 Å². The Morgan fingerprint density at radius 1 is 1.14 bits per heavy atom. The van der Waals surface area contributed by atoms with Crippen LogP contribution in [-0.4, -0.2) is 38.4 Å². The number of carbonyl (C=O) groups is 2. The van der Waals surface area contributed by atoms with Gasteiger partial charge in [0.25, 0.3) is 5.56 Å². The minimum Gasteiger partial charge on any atom is -0.477 e. The topological polar surface area (TPSA) is 189 Å². The molecule has 0 bridgehead atoms. The first-order valence-electron chi connectivity index (χ1n) is 11.4. The second kappa shape index (κ2) is 10.3. The molecule has 1 fully saturated rings. The van der Waals surface area contributed by atoms with Crippen LogP contribution in [0.25, 0.3) is 11.3 Å². The number of amidine groups is 1. The van der Waals surface area contributed by atoms with Gasteiger partial charge in [-0.25, -0.2) is 9.78 Å². The third-order valence-electron chi connectivity index (χ3n) is 6.06. The Hall–Kier alpha value is -4.67. The summed E-state index contributed by atoms with van der Waals surface area (Å²) in [5.41, 5.74) is 13.1. The van der Waals surface area contributed by atoms with Crippen molar-refractivity contribution in [3.63, 3.8) is 0 Å². The molecule has 1 aliphatic carbocycles. The molecule has 0 unspecified atom stereocenters. The van der Waals surface area contributed by atoms with Crippen LogP contribution < -0.4 is 27.7 Å². The van der Waals surface area contributed by atoms with Crippen LogP contribution in [0, 0.1) is 5.41 Å². The van der Waals surface area contributed by atoms with Crippen LogP contribution in [0.1, 0.15) is 40.9 Å². The highest BCUT2D eigenvalue weighted by atomic mass is 16.4. The lowest BCUT2D eigenvalue weighted by atomic mass is 9.93. The lowest BCUT2D eigenvalue weighted by molar-refractivity contribution is -0.121. The van der Waals surface area contributed by atoms with Crippen LogP contribution >= 0.6 is 0 Å². The summed E-state index contributed by atoms with van der Waals surface area (Å²) in [5, 5.41) is 22.9. The van der Waals surface area contributed by atoms with Crippen LogP contribution in [0.15, 0.2) is 53.3 Å². The van der Waals surface area contributed by atoms with E-state index in [4.69, 9.17) is 16.9 Å². The number of nitrogen functional groups attached to an aromatic ring is 2. The van der Waals surface area contributed by atoms with E-state index in [1.54, 1.807) is 36.4 Å². The van der Waals surface area contributed by atoms with Gasteiger partial charge in [-0.2, -0.15) is 0 Å². The largest absolute Gasteiger partial charge is 0.477 e. The molecule has 0 saturated heterocycles. The predicted octanol–water partition coefficient (Wildman–Crippen LogP) is 1.76. The van der Waals surface area contributed by atoms with Crippen LogP contribution in [0.5, 0.6) is 0 Å². The summed E-state index contributed by atoms with van der Waals surface area (Å²) in [5.74, 6) is -1.72. The standard InChI is InChI=1S/C25H27N7O4/c26-21-11-16(10-19(31-21)25(35)36)20-9-8-18(30-17-2-1-3-17)24(34)32(20)13-22(33)29-12-14-4-6-15(7-5-14)23(27)28/h4-11,17,30H,1-3,12-13H2,(H2,26,31)(H3,27,28)(H,29,33)(H,35,36). The highest BCUT2D eigenvalue weighted by Gasteiger charge is 2.21. The molecule has 186 valence electrons. The number of aromatic carboxylic acids is 1. The zero-order chi connectivity index (χ0) is 25.8. The van der Waals surface area contributed by atoms with E-state index in [0.29, 0.717) is 22.5 Å². The van der Waals surface area contributed by atoms with E-state index in [-0.39, 0.29) is 36.5 Å². The molecule has 0 radical (unpaired) electrons. The van der Waals surface area contributed by atoms with Gasteiger partial charge in [-0.05, 0) is 49.1 Å². The first-order valence-corrected chi connectivity index (χ1v) is 11.4. The Labute approximate surface area is 206 Å². The average Bonchev–Trinajstić information content (AvgIpc) is 2.82. The Morgan fingerprint density at radius 3 is 2.47 bits per heavy atom. The van der Waals surface area contributed by atoms with E-state index < -0.39 is 17.4 Å².